The van der Waals surface area contributed by atoms with Gasteiger partial charge in [0.2, 0.25) is 0 Å². The molecule has 2 aliphatic heterocycles. The van der Waals surface area contributed by atoms with E-state index in [4.69, 9.17) is 0 Å². The lowest BCUT2D eigenvalue weighted by molar-refractivity contribution is 0.0739. The molecule has 0 bridgehead atoms. The summed E-state index contributed by atoms with van der Waals surface area (Å²) in [5.74, 6) is 1.55. The molecular formula is C29H33N5O2. The number of ketones is 1. The van der Waals surface area contributed by atoms with Crippen molar-refractivity contribution in [3.05, 3.63) is 83.6 Å². The number of carbonyl (C=O) groups is 2. The Bertz CT molecular complexity index is 1160. The van der Waals surface area contributed by atoms with Gasteiger partial charge in [0.1, 0.15) is 0 Å². The van der Waals surface area contributed by atoms with Gasteiger partial charge in [0.05, 0.1) is 0 Å². The van der Waals surface area contributed by atoms with Crippen LogP contribution in [0.15, 0.2) is 66.7 Å². The number of aromatic nitrogens is 2. The Kier molecular flexibility index (Phi) is 7.26. The lowest BCUT2D eigenvalue weighted by Gasteiger charge is -2.36. The summed E-state index contributed by atoms with van der Waals surface area (Å²) in [5.41, 5.74) is 3.59. The fraction of sp³-hybridized carbons (Fsp3) is 0.379. The first-order valence-corrected chi connectivity index (χ1v) is 12.8. The average Bonchev–Trinajstić information content (AvgIpc) is 2.94. The highest BCUT2D eigenvalue weighted by Crippen LogP contribution is 2.25. The molecule has 0 radical (unpaired) electrons. The Labute approximate surface area is 212 Å². The maximum absolute atomic E-state index is 13.0. The van der Waals surface area contributed by atoms with Crippen LogP contribution in [0.4, 0.5) is 11.5 Å². The molecule has 7 nitrogen and oxygen atoms in total. The lowest BCUT2D eigenvalue weighted by Crippen LogP contribution is -2.49. The molecule has 2 aliphatic rings. The molecule has 7 heteroatoms. The predicted octanol–water partition coefficient (Wildman–Crippen LogP) is 4.10. The van der Waals surface area contributed by atoms with Crippen molar-refractivity contribution in [3.63, 3.8) is 0 Å². The average molecular weight is 484 g/mol. The van der Waals surface area contributed by atoms with Gasteiger partial charge in [-0.3, -0.25) is 9.59 Å². The van der Waals surface area contributed by atoms with E-state index in [0.29, 0.717) is 30.3 Å². The molecule has 5 rings (SSSR count). The molecule has 3 heterocycles. The monoisotopic (exact) mass is 483 g/mol. The van der Waals surface area contributed by atoms with Crippen molar-refractivity contribution in [2.75, 3.05) is 49.1 Å². The summed E-state index contributed by atoms with van der Waals surface area (Å²) < 4.78 is 0. The van der Waals surface area contributed by atoms with Crippen LogP contribution in [0.25, 0.3) is 0 Å². The number of benzene rings is 2. The largest absolute Gasteiger partial charge is 0.368 e. The maximum atomic E-state index is 13.0. The normalized spacial score (nSPS) is 16.8. The zero-order valence-electron chi connectivity index (χ0n) is 20.8. The van der Waals surface area contributed by atoms with Crippen molar-refractivity contribution in [2.45, 2.75) is 26.2 Å². The second-order valence-electron chi connectivity index (χ2n) is 9.78. The van der Waals surface area contributed by atoms with E-state index in [1.165, 1.54) is 5.56 Å². The van der Waals surface area contributed by atoms with Crippen LogP contribution < -0.4 is 9.80 Å². The van der Waals surface area contributed by atoms with E-state index < -0.39 is 0 Å². The van der Waals surface area contributed by atoms with Crippen molar-refractivity contribution in [2.24, 2.45) is 5.92 Å². The van der Waals surface area contributed by atoms with Gasteiger partial charge in [-0.05, 0) is 74.1 Å². The van der Waals surface area contributed by atoms with Crippen LogP contribution in [-0.2, 0) is 6.42 Å². The minimum Gasteiger partial charge on any atom is -0.368 e. The molecule has 1 amide bonds. The van der Waals surface area contributed by atoms with Crippen molar-refractivity contribution < 1.29 is 9.59 Å². The molecule has 0 saturated carbocycles. The third kappa shape index (κ3) is 5.56. The fourth-order valence-corrected chi connectivity index (χ4v) is 5.16. The van der Waals surface area contributed by atoms with Gasteiger partial charge in [-0.2, -0.15) is 0 Å². The van der Waals surface area contributed by atoms with Gasteiger partial charge in [-0.25, -0.2) is 0 Å². The minimum absolute atomic E-state index is 0.0663. The summed E-state index contributed by atoms with van der Waals surface area (Å²) in [5, 5.41) is 8.69. The van der Waals surface area contributed by atoms with Crippen LogP contribution in [-0.4, -0.2) is 66.1 Å². The Morgan fingerprint density at radius 3 is 2.08 bits per heavy atom. The molecule has 0 N–H and O–H groups in total. The van der Waals surface area contributed by atoms with Crippen LogP contribution in [0, 0.1) is 5.92 Å². The van der Waals surface area contributed by atoms with Gasteiger partial charge < -0.3 is 14.7 Å². The van der Waals surface area contributed by atoms with Crippen LogP contribution in [0.1, 0.15) is 46.2 Å². The molecule has 36 heavy (non-hydrogen) atoms. The maximum Gasteiger partial charge on any atom is 0.274 e. The van der Waals surface area contributed by atoms with E-state index >= 15 is 0 Å². The molecule has 3 aromatic rings. The molecular weight excluding hydrogens is 450 g/mol. The first-order valence-electron chi connectivity index (χ1n) is 12.8. The molecule has 2 saturated heterocycles. The number of carbonyl (C=O) groups excluding carboxylic acids is 2. The summed E-state index contributed by atoms with van der Waals surface area (Å²) >= 11 is 0. The first-order chi connectivity index (χ1) is 17.6. The molecule has 2 aromatic carbocycles. The Hall–Kier alpha value is -3.74. The zero-order valence-corrected chi connectivity index (χ0v) is 20.8. The third-order valence-electron chi connectivity index (χ3n) is 7.38. The second-order valence-corrected chi connectivity index (χ2v) is 9.78. The number of Topliss-reactive ketones (excluding diaryl/α,β-unsaturated/α-hetero) is 1. The van der Waals surface area contributed by atoms with Gasteiger partial charge in [0.15, 0.2) is 17.3 Å². The van der Waals surface area contributed by atoms with Gasteiger partial charge in [-0.15, -0.1) is 10.2 Å². The Morgan fingerprint density at radius 1 is 0.778 bits per heavy atom. The lowest BCUT2D eigenvalue weighted by atomic mass is 9.90. The molecule has 0 unspecified atom stereocenters. The summed E-state index contributed by atoms with van der Waals surface area (Å²) in [6.45, 7) is 6.26. The predicted molar refractivity (Wildman–Crippen MR) is 142 cm³/mol. The fourth-order valence-electron chi connectivity index (χ4n) is 5.16. The second kappa shape index (κ2) is 10.9. The number of amides is 1. The molecule has 0 atom stereocenters. The Balaban J connectivity index is 1.11. The quantitative estimate of drug-likeness (QED) is 0.492. The van der Waals surface area contributed by atoms with Crippen molar-refractivity contribution >= 4 is 23.2 Å². The first kappa shape index (κ1) is 24.0. The van der Waals surface area contributed by atoms with Crippen LogP contribution in [0.3, 0.4) is 0 Å². The van der Waals surface area contributed by atoms with Crippen molar-refractivity contribution in [1.82, 2.24) is 15.1 Å². The van der Waals surface area contributed by atoms with Gasteiger partial charge in [-0.1, -0.05) is 30.3 Å². The number of hydrogen-bond donors (Lipinski definition) is 0. The highest BCUT2D eigenvalue weighted by Gasteiger charge is 2.25. The summed E-state index contributed by atoms with van der Waals surface area (Å²) in [4.78, 5) is 30.9. The van der Waals surface area contributed by atoms with Gasteiger partial charge >= 0.3 is 0 Å². The van der Waals surface area contributed by atoms with E-state index in [1.54, 1.807) is 6.92 Å². The van der Waals surface area contributed by atoms with E-state index in [-0.39, 0.29) is 11.7 Å². The molecule has 0 spiro atoms. The van der Waals surface area contributed by atoms with E-state index in [0.717, 1.165) is 56.9 Å². The number of rotatable bonds is 6. The number of nitrogens with zero attached hydrogens (tertiary/aromatic N) is 5. The van der Waals surface area contributed by atoms with E-state index in [9.17, 15) is 9.59 Å². The Morgan fingerprint density at radius 2 is 1.47 bits per heavy atom. The van der Waals surface area contributed by atoms with Crippen LogP contribution in [0.2, 0.25) is 0 Å². The summed E-state index contributed by atoms with van der Waals surface area (Å²) in [7, 11) is 0. The van der Waals surface area contributed by atoms with Crippen molar-refractivity contribution in [1.29, 1.82) is 0 Å². The summed E-state index contributed by atoms with van der Waals surface area (Å²) in [6.07, 6.45) is 3.41. The highest BCUT2D eigenvalue weighted by atomic mass is 16.2. The third-order valence-corrected chi connectivity index (χ3v) is 7.38. The zero-order chi connectivity index (χ0) is 24.9. The standard InChI is InChI=1S/C29H33N5O2/c1-22(35)25-7-9-26(10-8-25)32-17-19-34(20-18-32)29(36)27-11-12-28(31-30-27)33-15-13-24(14-16-33)21-23-5-3-2-4-6-23/h2-12,24H,13-21H2,1H3. The van der Waals surface area contributed by atoms with Gasteiger partial charge in [0, 0.05) is 50.5 Å². The van der Waals surface area contributed by atoms with E-state index in [2.05, 4.69) is 50.3 Å². The molecule has 186 valence electrons. The topological polar surface area (TPSA) is 69.6 Å². The van der Waals surface area contributed by atoms with Crippen LogP contribution in [0.5, 0.6) is 0 Å². The molecule has 2 fully saturated rings. The number of piperazine rings is 1. The van der Waals surface area contributed by atoms with Crippen molar-refractivity contribution in [3.8, 4) is 0 Å². The number of anilines is 2. The van der Waals surface area contributed by atoms with E-state index in [1.807, 2.05) is 41.3 Å². The smallest absolute Gasteiger partial charge is 0.274 e. The van der Waals surface area contributed by atoms with Gasteiger partial charge in [0.25, 0.3) is 5.91 Å². The van der Waals surface area contributed by atoms with Crippen LogP contribution >= 0.6 is 0 Å². The minimum atomic E-state index is -0.0674. The number of piperidine rings is 1. The summed E-state index contributed by atoms with van der Waals surface area (Å²) in [6, 6.07) is 22.1. The molecule has 0 aliphatic carbocycles. The molecule has 1 aromatic heterocycles. The SMILES string of the molecule is CC(=O)c1ccc(N2CCN(C(=O)c3ccc(N4CCC(Cc5ccccc5)CC4)nn3)CC2)cc1. The number of hydrogen-bond acceptors (Lipinski definition) is 6. The highest BCUT2D eigenvalue weighted by molar-refractivity contribution is 5.94.